The fourth-order valence-corrected chi connectivity index (χ4v) is 2.63. The fraction of sp³-hybridized carbons (Fsp3) is 0.0500. The number of hydrogen-bond donors (Lipinski definition) is 1. The summed E-state index contributed by atoms with van der Waals surface area (Å²) in [6.07, 6.45) is 3.16. The highest BCUT2D eigenvalue weighted by atomic mass is 35.5. The van der Waals surface area contributed by atoms with Gasteiger partial charge in [0.25, 0.3) is 0 Å². The van der Waals surface area contributed by atoms with Gasteiger partial charge in [-0.05, 0) is 47.5 Å². The zero-order chi connectivity index (χ0) is 17.6. The lowest BCUT2D eigenvalue weighted by Crippen LogP contribution is -2.16. The first-order chi connectivity index (χ1) is 12.1. The number of pyridine rings is 1. The number of hydrogen-bond acceptors (Lipinski definition) is 3. The van der Waals surface area contributed by atoms with Gasteiger partial charge in [-0.2, -0.15) is 0 Å². The standard InChI is InChI=1S/C20H15ClN2O2/c21-17-5-2-6-18(12-17)23-20(25)13-19(24)16-4-1-3-15(11-16)14-7-9-22-10-8-14/h1-12H,13H2,(H,23,25). The summed E-state index contributed by atoms with van der Waals surface area (Å²) in [4.78, 5) is 28.5. The van der Waals surface area contributed by atoms with Crippen LogP contribution in [-0.2, 0) is 4.79 Å². The summed E-state index contributed by atoms with van der Waals surface area (Å²) in [5.74, 6) is -0.614. The molecule has 0 saturated heterocycles. The number of amides is 1. The second-order valence-electron chi connectivity index (χ2n) is 5.48. The van der Waals surface area contributed by atoms with Gasteiger partial charge in [-0.15, -0.1) is 0 Å². The smallest absolute Gasteiger partial charge is 0.232 e. The average Bonchev–Trinajstić information content (AvgIpc) is 2.62. The molecule has 1 amide bonds. The Bertz CT molecular complexity index is 910. The molecule has 1 N–H and O–H groups in total. The number of carbonyl (C=O) groups is 2. The lowest BCUT2D eigenvalue weighted by molar-refractivity contribution is -0.115. The van der Waals surface area contributed by atoms with Gasteiger partial charge in [0.1, 0.15) is 0 Å². The van der Waals surface area contributed by atoms with Crippen LogP contribution in [0.3, 0.4) is 0 Å². The van der Waals surface area contributed by atoms with Crippen molar-refractivity contribution in [3.05, 3.63) is 83.6 Å². The van der Waals surface area contributed by atoms with Gasteiger partial charge in [0.2, 0.25) is 5.91 Å². The highest BCUT2D eigenvalue weighted by Crippen LogP contribution is 2.20. The van der Waals surface area contributed by atoms with Gasteiger partial charge in [0.15, 0.2) is 5.78 Å². The van der Waals surface area contributed by atoms with Crippen molar-refractivity contribution >= 4 is 29.0 Å². The van der Waals surface area contributed by atoms with E-state index in [0.29, 0.717) is 16.3 Å². The Morgan fingerprint density at radius 2 is 1.68 bits per heavy atom. The van der Waals surface area contributed by atoms with Crippen molar-refractivity contribution in [2.24, 2.45) is 0 Å². The summed E-state index contributed by atoms with van der Waals surface area (Å²) >= 11 is 5.88. The molecule has 0 saturated carbocycles. The fourth-order valence-electron chi connectivity index (χ4n) is 2.44. The van der Waals surface area contributed by atoms with Gasteiger partial charge >= 0.3 is 0 Å². The maximum atomic E-state index is 12.4. The molecule has 0 radical (unpaired) electrons. The molecular weight excluding hydrogens is 336 g/mol. The first-order valence-electron chi connectivity index (χ1n) is 7.71. The number of nitrogens with zero attached hydrogens (tertiary/aromatic N) is 1. The molecule has 3 rings (SSSR count). The Hall–Kier alpha value is -2.98. The third kappa shape index (κ3) is 4.52. The number of aromatic nitrogens is 1. The second kappa shape index (κ2) is 7.73. The molecule has 124 valence electrons. The maximum Gasteiger partial charge on any atom is 0.232 e. The SMILES string of the molecule is O=C(CC(=O)c1cccc(-c2ccncc2)c1)Nc1cccc(Cl)c1. The van der Waals surface area contributed by atoms with E-state index in [9.17, 15) is 9.59 Å². The predicted octanol–water partition coefficient (Wildman–Crippen LogP) is 4.61. The summed E-state index contributed by atoms with van der Waals surface area (Å²) in [6.45, 7) is 0. The molecule has 5 heteroatoms. The van der Waals surface area contributed by atoms with E-state index < -0.39 is 0 Å². The Morgan fingerprint density at radius 1 is 0.920 bits per heavy atom. The van der Waals surface area contributed by atoms with Crippen molar-refractivity contribution in [1.29, 1.82) is 0 Å². The molecule has 1 heterocycles. The first kappa shape index (κ1) is 16.9. The molecule has 0 fully saturated rings. The molecule has 2 aromatic carbocycles. The van der Waals surface area contributed by atoms with Crippen LogP contribution in [0.5, 0.6) is 0 Å². The summed E-state index contributed by atoms with van der Waals surface area (Å²) in [7, 11) is 0. The van der Waals surface area contributed by atoms with Crippen molar-refractivity contribution in [1.82, 2.24) is 4.98 Å². The van der Waals surface area contributed by atoms with Crippen LogP contribution in [0.15, 0.2) is 73.1 Å². The number of Topliss-reactive ketones (excluding diaryl/α,β-unsaturated/α-hetero) is 1. The maximum absolute atomic E-state index is 12.4. The topological polar surface area (TPSA) is 59.1 Å². The third-order valence-electron chi connectivity index (χ3n) is 3.63. The van der Waals surface area contributed by atoms with E-state index >= 15 is 0 Å². The van der Waals surface area contributed by atoms with Crippen LogP contribution >= 0.6 is 11.6 Å². The van der Waals surface area contributed by atoms with Gasteiger partial charge in [0.05, 0.1) is 6.42 Å². The van der Waals surface area contributed by atoms with E-state index in [0.717, 1.165) is 11.1 Å². The monoisotopic (exact) mass is 350 g/mol. The van der Waals surface area contributed by atoms with E-state index in [-0.39, 0.29) is 18.1 Å². The van der Waals surface area contributed by atoms with Crippen molar-refractivity contribution in [2.75, 3.05) is 5.32 Å². The number of ketones is 1. The molecule has 0 atom stereocenters. The molecule has 0 aliphatic carbocycles. The molecule has 0 spiro atoms. The van der Waals surface area contributed by atoms with Crippen LogP contribution < -0.4 is 5.32 Å². The summed E-state index contributed by atoms with van der Waals surface area (Å²) in [5.41, 5.74) is 2.93. The normalized spacial score (nSPS) is 10.3. The van der Waals surface area contributed by atoms with E-state index in [2.05, 4.69) is 10.3 Å². The zero-order valence-corrected chi connectivity index (χ0v) is 14.0. The Kier molecular flexibility index (Phi) is 5.21. The van der Waals surface area contributed by atoms with Gasteiger partial charge < -0.3 is 5.32 Å². The molecule has 1 aromatic heterocycles. The Morgan fingerprint density at radius 3 is 2.44 bits per heavy atom. The average molecular weight is 351 g/mol. The molecule has 3 aromatic rings. The molecule has 0 aliphatic heterocycles. The van der Waals surface area contributed by atoms with Gasteiger partial charge in [-0.3, -0.25) is 14.6 Å². The lowest BCUT2D eigenvalue weighted by Gasteiger charge is -2.07. The Labute approximate surface area is 150 Å². The highest BCUT2D eigenvalue weighted by molar-refractivity contribution is 6.31. The van der Waals surface area contributed by atoms with Crippen LogP contribution in [0.25, 0.3) is 11.1 Å². The number of rotatable bonds is 5. The van der Waals surface area contributed by atoms with Gasteiger partial charge in [-0.1, -0.05) is 35.9 Å². The van der Waals surface area contributed by atoms with Crippen molar-refractivity contribution in [3.8, 4) is 11.1 Å². The Balaban J connectivity index is 1.70. The predicted molar refractivity (Wildman–Crippen MR) is 98.7 cm³/mol. The molecular formula is C20H15ClN2O2. The second-order valence-corrected chi connectivity index (χ2v) is 5.91. The van der Waals surface area contributed by atoms with Crippen molar-refractivity contribution in [3.63, 3.8) is 0 Å². The van der Waals surface area contributed by atoms with Gasteiger partial charge in [0, 0.05) is 28.7 Å². The largest absolute Gasteiger partial charge is 0.326 e. The van der Waals surface area contributed by atoms with Gasteiger partial charge in [-0.25, -0.2) is 0 Å². The third-order valence-corrected chi connectivity index (χ3v) is 3.86. The number of benzene rings is 2. The minimum Gasteiger partial charge on any atom is -0.326 e. The number of nitrogens with one attached hydrogen (secondary N) is 1. The van der Waals surface area contributed by atoms with E-state index in [1.807, 2.05) is 18.2 Å². The molecule has 0 unspecified atom stereocenters. The van der Waals surface area contributed by atoms with E-state index in [1.54, 1.807) is 54.9 Å². The molecule has 0 bridgehead atoms. The van der Waals surface area contributed by atoms with Crippen molar-refractivity contribution < 1.29 is 9.59 Å². The highest BCUT2D eigenvalue weighted by Gasteiger charge is 2.13. The lowest BCUT2D eigenvalue weighted by atomic mass is 10.0. The quantitative estimate of drug-likeness (QED) is 0.539. The molecule has 25 heavy (non-hydrogen) atoms. The summed E-state index contributed by atoms with van der Waals surface area (Å²) in [5, 5.41) is 3.20. The van der Waals surface area contributed by atoms with Crippen LogP contribution in [0.2, 0.25) is 5.02 Å². The van der Waals surface area contributed by atoms with E-state index in [1.165, 1.54) is 0 Å². The van der Waals surface area contributed by atoms with Crippen LogP contribution in [0.4, 0.5) is 5.69 Å². The number of carbonyl (C=O) groups excluding carboxylic acids is 2. The van der Waals surface area contributed by atoms with Crippen LogP contribution in [0, 0.1) is 0 Å². The van der Waals surface area contributed by atoms with Crippen LogP contribution in [0.1, 0.15) is 16.8 Å². The summed E-state index contributed by atoms with van der Waals surface area (Å²) < 4.78 is 0. The minimum atomic E-state index is -0.374. The van der Waals surface area contributed by atoms with Crippen LogP contribution in [-0.4, -0.2) is 16.7 Å². The number of halogens is 1. The minimum absolute atomic E-state index is 0.230. The zero-order valence-electron chi connectivity index (χ0n) is 13.3. The van der Waals surface area contributed by atoms with E-state index in [4.69, 9.17) is 11.6 Å². The molecule has 0 aliphatic rings. The first-order valence-corrected chi connectivity index (χ1v) is 8.09. The number of anilines is 1. The summed E-state index contributed by atoms with van der Waals surface area (Å²) in [6, 6.07) is 17.8. The van der Waals surface area contributed by atoms with Crippen molar-refractivity contribution in [2.45, 2.75) is 6.42 Å². The molecule has 4 nitrogen and oxygen atoms in total.